The van der Waals surface area contributed by atoms with Crippen LogP contribution in [0.1, 0.15) is 35.4 Å². The van der Waals surface area contributed by atoms with E-state index in [2.05, 4.69) is 69.1 Å². The number of H-pyrrole nitrogens is 2. The van der Waals surface area contributed by atoms with Gasteiger partial charge in [0.2, 0.25) is 0 Å². The number of benzene rings is 2. The molecule has 5 heteroatoms. The van der Waals surface area contributed by atoms with Crippen molar-refractivity contribution in [1.29, 1.82) is 0 Å². The summed E-state index contributed by atoms with van der Waals surface area (Å²) in [7, 11) is 0. The van der Waals surface area contributed by atoms with Crippen LogP contribution in [0.15, 0.2) is 48.5 Å². The van der Waals surface area contributed by atoms with Crippen molar-refractivity contribution in [3.05, 3.63) is 71.0 Å². The SMILES string of the molecule is O=C(N[C@@H]1CCc2[nH]c3ccccc3c2C1)N[C@H]1CCc2[nH]c3ccccc3c2C1. The van der Waals surface area contributed by atoms with Crippen LogP contribution in [0.2, 0.25) is 0 Å². The Kier molecular flexibility index (Phi) is 4.08. The highest BCUT2D eigenvalue weighted by molar-refractivity contribution is 5.86. The summed E-state index contributed by atoms with van der Waals surface area (Å²) in [6.07, 6.45) is 5.71. The maximum atomic E-state index is 12.8. The third-order valence-electron chi connectivity index (χ3n) is 6.86. The summed E-state index contributed by atoms with van der Waals surface area (Å²) >= 11 is 0. The fourth-order valence-corrected chi connectivity index (χ4v) is 5.40. The number of fused-ring (bicyclic) bond motifs is 6. The molecule has 0 bridgehead atoms. The largest absolute Gasteiger partial charge is 0.358 e. The number of aromatic nitrogens is 2. The molecule has 2 atom stereocenters. The van der Waals surface area contributed by atoms with Crippen LogP contribution in [0.4, 0.5) is 4.79 Å². The first-order valence-corrected chi connectivity index (χ1v) is 11.0. The second-order valence-corrected chi connectivity index (χ2v) is 8.75. The average molecular weight is 399 g/mol. The molecule has 2 heterocycles. The zero-order valence-electron chi connectivity index (χ0n) is 16.9. The van der Waals surface area contributed by atoms with E-state index in [-0.39, 0.29) is 18.1 Å². The Bertz CT molecular complexity index is 1150. The molecule has 0 spiro atoms. The van der Waals surface area contributed by atoms with Crippen LogP contribution in [-0.4, -0.2) is 28.1 Å². The van der Waals surface area contributed by atoms with Crippen LogP contribution in [0, 0.1) is 0 Å². The topological polar surface area (TPSA) is 72.7 Å². The van der Waals surface area contributed by atoms with Crippen molar-refractivity contribution in [3.63, 3.8) is 0 Å². The van der Waals surface area contributed by atoms with Gasteiger partial charge in [0.05, 0.1) is 0 Å². The standard InChI is InChI=1S/C25H26N4O/c30-25(26-15-9-11-23-19(13-15)17-5-1-3-7-21(17)28-23)27-16-10-12-24-20(14-16)18-6-2-4-8-22(18)29-24/h1-8,15-16,28-29H,9-14H2,(H2,26,27,30)/t15-,16+. The van der Waals surface area contributed by atoms with Gasteiger partial charge >= 0.3 is 6.03 Å². The van der Waals surface area contributed by atoms with Gasteiger partial charge in [-0.25, -0.2) is 4.79 Å². The van der Waals surface area contributed by atoms with Gasteiger partial charge in [0.25, 0.3) is 0 Å². The Hall–Kier alpha value is -3.21. The molecule has 5 nitrogen and oxygen atoms in total. The van der Waals surface area contributed by atoms with Crippen LogP contribution in [-0.2, 0) is 25.7 Å². The van der Waals surface area contributed by atoms with Crippen LogP contribution >= 0.6 is 0 Å². The molecular formula is C25H26N4O. The van der Waals surface area contributed by atoms with E-state index in [0.29, 0.717) is 0 Å². The second kappa shape index (κ2) is 6.94. The summed E-state index contributed by atoms with van der Waals surface area (Å²) in [5.74, 6) is 0. The van der Waals surface area contributed by atoms with Crippen molar-refractivity contribution < 1.29 is 4.79 Å². The van der Waals surface area contributed by atoms with Crippen molar-refractivity contribution in [2.45, 2.75) is 50.6 Å². The predicted molar refractivity (Wildman–Crippen MR) is 120 cm³/mol. The number of para-hydroxylation sites is 2. The monoisotopic (exact) mass is 398 g/mol. The summed E-state index contributed by atoms with van der Waals surface area (Å²) in [6, 6.07) is 17.2. The molecule has 2 aromatic carbocycles. The van der Waals surface area contributed by atoms with Crippen LogP contribution < -0.4 is 10.6 Å². The summed E-state index contributed by atoms with van der Waals surface area (Å²) in [5.41, 5.74) is 7.78. The van der Waals surface area contributed by atoms with Crippen LogP contribution in [0.5, 0.6) is 0 Å². The molecule has 2 aliphatic carbocycles. The first-order valence-electron chi connectivity index (χ1n) is 11.0. The number of nitrogens with one attached hydrogen (secondary N) is 4. The maximum absolute atomic E-state index is 12.8. The minimum Gasteiger partial charge on any atom is -0.358 e. The Morgan fingerprint density at radius 3 is 1.70 bits per heavy atom. The lowest BCUT2D eigenvalue weighted by Gasteiger charge is -2.27. The first kappa shape index (κ1) is 17.6. The van der Waals surface area contributed by atoms with Gasteiger partial charge in [-0.2, -0.15) is 0 Å². The number of carbonyl (C=O) groups excluding carboxylic acids is 1. The summed E-state index contributed by atoms with van der Waals surface area (Å²) in [6.45, 7) is 0. The Balaban J connectivity index is 1.13. The van der Waals surface area contributed by atoms with E-state index in [1.165, 1.54) is 44.3 Å². The second-order valence-electron chi connectivity index (χ2n) is 8.75. The number of urea groups is 1. The quantitative estimate of drug-likeness (QED) is 0.398. The van der Waals surface area contributed by atoms with E-state index in [4.69, 9.17) is 0 Å². The third-order valence-corrected chi connectivity index (χ3v) is 6.86. The lowest BCUT2D eigenvalue weighted by atomic mass is 9.91. The molecule has 4 N–H and O–H groups in total. The van der Waals surface area contributed by atoms with Gasteiger partial charge in [-0.15, -0.1) is 0 Å². The normalized spacial score (nSPS) is 20.7. The molecule has 2 aromatic heterocycles. The van der Waals surface area contributed by atoms with Gasteiger partial charge in [0, 0.05) is 45.3 Å². The van der Waals surface area contributed by atoms with Crippen molar-refractivity contribution >= 4 is 27.8 Å². The fraction of sp³-hybridized carbons (Fsp3) is 0.320. The number of hydrogen-bond donors (Lipinski definition) is 4. The summed E-state index contributed by atoms with van der Waals surface area (Å²) in [4.78, 5) is 19.9. The zero-order valence-corrected chi connectivity index (χ0v) is 16.9. The van der Waals surface area contributed by atoms with Gasteiger partial charge < -0.3 is 20.6 Å². The molecule has 4 aromatic rings. The molecule has 0 unspecified atom stereocenters. The number of carbonyl (C=O) groups is 1. The molecular weight excluding hydrogens is 372 g/mol. The third kappa shape index (κ3) is 2.96. The smallest absolute Gasteiger partial charge is 0.315 e. The van der Waals surface area contributed by atoms with E-state index >= 15 is 0 Å². The molecule has 0 saturated heterocycles. The van der Waals surface area contributed by atoms with Gasteiger partial charge in [-0.1, -0.05) is 36.4 Å². The molecule has 0 saturated carbocycles. The summed E-state index contributed by atoms with van der Waals surface area (Å²) in [5, 5.41) is 9.07. The zero-order chi connectivity index (χ0) is 20.1. The van der Waals surface area contributed by atoms with E-state index < -0.39 is 0 Å². The molecule has 2 amide bonds. The minimum absolute atomic E-state index is 0.0309. The minimum atomic E-state index is -0.0309. The number of amides is 2. The number of aryl methyl sites for hydroxylation is 2. The number of hydrogen-bond acceptors (Lipinski definition) is 1. The van der Waals surface area contributed by atoms with Gasteiger partial charge in [0.1, 0.15) is 0 Å². The Labute approximate surface area is 175 Å². The molecule has 0 fully saturated rings. The van der Waals surface area contributed by atoms with E-state index in [9.17, 15) is 4.79 Å². The van der Waals surface area contributed by atoms with Crippen LogP contribution in [0.25, 0.3) is 21.8 Å². The highest BCUT2D eigenvalue weighted by atomic mass is 16.2. The van der Waals surface area contributed by atoms with E-state index in [0.717, 1.165) is 38.5 Å². The van der Waals surface area contributed by atoms with E-state index in [1.54, 1.807) is 0 Å². The van der Waals surface area contributed by atoms with Crippen molar-refractivity contribution in [2.75, 3.05) is 0 Å². The van der Waals surface area contributed by atoms with Crippen LogP contribution in [0.3, 0.4) is 0 Å². The Morgan fingerprint density at radius 1 is 0.733 bits per heavy atom. The van der Waals surface area contributed by atoms with Gasteiger partial charge in [0.15, 0.2) is 0 Å². The van der Waals surface area contributed by atoms with Crippen molar-refractivity contribution in [3.8, 4) is 0 Å². The number of rotatable bonds is 2. The van der Waals surface area contributed by atoms with Gasteiger partial charge in [-0.3, -0.25) is 0 Å². The average Bonchev–Trinajstić information content (AvgIpc) is 3.31. The molecule has 2 aliphatic rings. The van der Waals surface area contributed by atoms with E-state index in [1.807, 2.05) is 0 Å². The maximum Gasteiger partial charge on any atom is 0.315 e. The van der Waals surface area contributed by atoms with Gasteiger partial charge in [-0.05, 0) is 61.8 Å². The predicted octanol–water partition coefficient (Wildman–Crippen LogP) is 4.36. The Morgan fingerprint density at radius 2 is 1.20 bits per heavy atom. The van der Waals surface area contributed by atoms with Crippen molar-refractivity contribution in [1.82, 2.24) is 20.6 Å². The molecule has 152 valence electrons. The molecule has 6 rings (SSSR count). The molecule has 0 radical (unpaired) electrons. The summed E-state index contributed by atoms with van der Waals surface area (Å²) < 4.78 is 0. The number of aromatic amines is 2. The lowest BCUT2D eigenvalue weighted by molar-refractivity contribution is 0.230. The molecule has 30 heavy (non-hydrogen) atoms. The lowest BCUT2D eigenvalue weighted by Crippen LogP contribution is -2.49. The highest BCUT2D eigenvalue weighted by Gasteiger charge is 2.26. The first-order chi connectivity index (χ1) is 14.7. The van der Waals surface area contributed by atoms with Crippen molar-refractivity contribution in [2.24, 2.45) is 0 Å². The fourth-order valence-electron chi connectivity index (χ4n) is 5.40. The molecule has 0 aliphatic heterocycles. The highest BCUT2D eigenvalue weighted by Crippen LogP contribution is 2.30.